The van der Waals surface area contributed by atoms with Gasteiger partial charge in [-0.15, -0.1) is 5.10 Å². The van der Waals surface area contributed by atoms with Crippen molar-refractivity contribution in [3.63, 3.8) is 0 Å². The number of methoxy groups -OCH3 is 2. The van der Waals surface area contributed by atoms with Crippen LogP contribution in [-0.4, -0.2) is 51.0 Å². The molecule has 0 radical (unpaired) electrons. The van der Waals surface area contributed by atoms with Gasteiger partial charge in [-0.1, -0.05) is 45.9 Å². The molecule has 0 spiro atoms. The summed E-state index contributed by atoms with van der Waals surface area (Å²) in [6, 6.07) is 9.17. The molecule has 0 saturated carbocycles. The maximum atomic E-state index is 12.1. The van der Waals surface area contributed by atoms with Gasteiger partial charge in [-0.3, -0.25) is 15.2 Å². The third-order valence-corrected chi connectivity index (χ3v) is 4.81. The van der Waals surface area contributed by atoms with Gasteiger partial charge in [0.25, 0.3) is 0 Å². The van der Waals surface area contributed by atoms with E-state index in [2.05, 4.69) is 46.4 Å². The minimum atomic E-state index is -0.303. The normalized spacial score (nSPS) is 10.5. The molecule has 0 bridgehead atoms. The van der Waals surface area contributed by atoms with E-state index in [4.69, 9.17) is 9.47 Å². The lowest BCUT2D eigenvalue weighted by Gasteiger charge is -2.07. The second-order valence-electron chi connectivity index (χ2n) is 5.06. The first-order valence-electron chi connectivity index (χ1n) is 7.66. The molecule has 2 aromatic heterocycles. The second kappa shape index (κ2) is 8.82. The van der Waals surface area contributed by atoms with Crippen molar-refractivity contribution in [2.45, 2.75) is 5.16 Å². The van der Waals surface area contributed by atoms with Crippen molar-refractivity contribution in [2.75, 3.05) is 25.3 Å². The summed E-state index contributed by atoms with van der Waals surface area (Å²) in [6.45, 7) is 0. The summed E-state index contributed by atoms with van der Waals surface area (Å²) in [4.78, 5) is 24.6. The molecule has 0 atom stereocenters. The molecule has 3 rings (SSSR count). The van der Waals surface area contributed by atoms with Crippen LogP contribution in [0, 0.1) is 0 Å². The second-order valence-corrected chi connectivity index (χ2v) is 6.86. The summed E-state index contributed by atoms with van der Waals surface area (Å²) < 4.78 is 11.0. The maximum absolute atomic E-state index is 12.1. The van der Waals surface area contributed by atoms with Crippen molar-refractivity contribution in [3.8, 4) is 23.1 Å². The van der Waals surface area contributed by atoms with Crippen LogP contribution in [0.3, 0.4) is 0 Å². The topological polar surface area (TPSA) is 115 Å². The molecular weight excluding hydrogens is 436 g/mol. The van der Waals surface area contributed by atoms with Gasteiger partial charge in [0.1, 0.15) is 0 Å². The van der Waals surface area contributed by atoms with Crippen LogP contribution < -0.4 is 14.8 Å². The molecule has 0 unspecified atom stereocenters. The standard InChI is InChI=1S/C16H15BrN6O3S/c1-25-12-7-13(26-2)20-15(19-12)18-11(24)8-27-16-21-14(22-23-16)9-5-3-4-6-10(9)17/h3-7H,8H2,1-2H3,(H,21,22,23)(H,18,19,20,24). The van der Waals surface area contributed by atoms with E-state index in [1.165, 1.54) is 32.0 Å². The van der Waals surface area contributed by atoms with Gasteiger partial charge in [-0.05, 0) is 6.07 Å². The third kappa shape index (κ3) is 4.95. The molecule has 9 nitrogen and oxygen atoms in total. The van der Waals surface area contributed by atoms with E-state index < -0.39 is 0 Å². The number of hydrogen-bond acceptors (Lipinski definition) is 8. The molecule has 0 aliphatic heterocycles. The van der Waals surface area contributed by atoms with Crippen LogP contribution in [0.5, 0.6) is 11.8 Å². The van der Waals surface area contributed by atoms with Crippen LogP contribution in [0.15, 0.2) is 40.0 Å². The summed E-state index contributed by atoms with van der Waals surface area (Å²) >= 11 is 4.66. The fraction of sp³-hybridized carbons (Fsp3) is 0.188. The zero-order valence-corrected chi connectivity index (χ0v) is 16.8. The highest BCUT2D eigenvalue weighted by Gasteiger charge is 2.13. The zero-order valence-electron chi connectivity index (χ0n) is 14.4. The Hall–Kier alpha value is -2.66. The number of halogens is 1. The SMILES string of the molecule is COc1cc(OC)nc(NC(=O)CSc2n[nH]c(-c3ccccc3Br)n2)n1. The Morgan fingerprint density at radius 2 is 1.89 bits per heavy atom. The van der Waals surface area contributed by atoms with E-state index in [9.17, 15) is 4.79 Å². The Morgan fingerprint density at radius 3 is 2.56 bits per heavy atom. The van der Waals surface area contributed by atoms with E-state index in [0.717, 1.165) is 10.0 Å². The number of H-pyrrole nitrogens is 1. The number of nitrogens with one attached hydrogen (secondary N) is 2. The van der Waals surface area contributed by atoms with Crippen LogP contribution in [0.1, 0.15) is 0 Å². The molecule has 2 heterocycles. The number of benzene rings is 1. The molecule has 2 N–H and O–H groups in total. The fourth-order valence-electron chi connectivity index (χ4n) is 2.04. The molecule has 1 amide bonds. The summed E-state index contributed by atoms with van der Waals surface area (Å²) in [7, 11) is 2.93. The van der Waals surface area contributed by atoms with Gasteiger partial charge in [0.05, 0.1) is 26.0 Å². The fourth-order valence-corrected chi connectivity index (χ4v) is 3.12. The van der Waals surface area contributed by atoms with Crippen molar-refractivity contribution in [2.24, 2.45) is 0 Å². The van der Waals surface area contributed by atoms with Crippen LogP contribution in [0.25, 0.3) is 11.4 Å². The highest BCUT2D eigenvalue weighted by molar-refractivity contribution is 9.10. The summed E-state index contributed by atoms with van der Waals surface area (Å²) in [5, 5.41) is 10.0. The number of thioether (sulfide) groups is 1. The van der Waals surface area contributed by atoms with Gasteiger partial charge < -0.3 is 9.47 Å². The quantitative estimate of drug-likeness (QED) is 0.527. The smallest absolute Gasteiger partial charge is 0.237 e. The molecule has 0 aliphatic carbocycles. The Balaban J connectivity index is 1.61. The average Bonchev–Trinajstić information content (AvgIpc) is 3.15. The minimum absolute atomic E-state index is 0.0934. The third-order valence-electron chi connectivity index (χ3n) is 3.27. The summed E-state index contributed by atoms with van der Waals surface area (Å²) in [6.07, 6.45) is 0. The van der Waals surface area contributed by atoms with Crippen molar-refractivity contribution in [1.82, 2.24) is 25.1 Å². The molecule has 140 valence electrons. The Kier molecular flexibility index (Phi) is 6.24. The van der Waals surface area contributed by atoms with E-state index in [0.29, 0.717) is 11.0 Å². The first kappa shape index (κ1) is 19.1. The number of aromatic amines is 1. The highest BCUT2D eigenvalue weighted by atomic mass is 79.9. The number of ether oxygens (including phenoxy) is 2. The van der Waals surface area contributed by atoms with E-state index in [1.54, 1.807) is 0 Å². The van der Waals surface area contributed by atoms with Gasteiger partial charge in [-0.25, -0.2) is 4.98 Å². The Bertz CT molecular complexity index is 929. The minimum Gasteiger partial charge on any atom is -0.481 e. The molecule has 3 aromatic rings. The number of carbonyl (C=O) groups excluding carboxylic acids is 1. The molecule has 0 saturated heterocycles. The first-order chi connectivity index (χ1) is 13.1. The van der Waals surface area contributed by atoms with Crippen LogP contribution >= 0.6 is 27.7 Å². The summed E-state index contributed by atoms with van der Waals surface area (Å²) in [5.41, 5.74) is 0.887. The number of nitrogens with zero attached hydrogens (tertiary/aromatic N) is 4. The van der Waals surface area contributed by atoms with Gasteiger partial charge in [0.15, 0.2) is 5.82 Å². The van der Waals surface area contributed by atoms with Crippen molar-refractivity contribution in [3.05, 3.63) is 34.8 Å². The molecule has 11 heteroatoms. The van der Waals surface area contributed by atoms with E-state index >= 15 is 0 Å². The summed E-state index contributed by atoms with van der Waals surface area (Å²) in [5.74, 6) is 1.08. The molecular formula is C16H15BrN6O3S. The predicted molar refractivity (Wildman–Crippen MR) is 104 cm³/mol. The van der Waals surface area contributed by atoms with Crippen LogP contribution in [0.2, 0.25) is 0 Å². The van der Waals surface area contributed by atoms with Crippen LogP contribution in [-0.2, 0) is 4.79 Å². The lowest BCUT2D eigenvalue weighted by Crippen LogP contribution is -2.16. The maximum Gasteiger partial charge on any atom is 0.237 e. The number of carbonyl (C=O) groups is 1. The molecule has 0 aliphatic rings. The lowest BCUT2D eigenvalue weighted by atomic mass is 10.2. The lowest BCUT2D eigenvalue weighted by molar-refractivity contribution is -0.113. The predicted octanol–water partition coefficient (Wildman–Crippen LogP) is 2.77. The molecule has 0 fully saturated rings. The largest absolute Gasteiger partial charge is 0.481 e. The van der Waals surface area contributed by atoms with Crippen molar-refractivity contribution < 1.29 is 14.3 Å². The monoisotopic (exact) mass is 450 g/mol. The highest BCUT2D eigenvalue weighted by Crippen LogP contribution is 2.26. The van der Waals surface area contributed by atoms with E-state index in [-0.39, 0.29) is 29.4 Å². The number of rotatable bonds is 7. The Labute approximate surface area is 167 Å². The average molecular weight is 451 g/mol. The van der Waals surface area contributed by atoms with Gasteiger partial charge in [0.2, 0.25) is 28.8 Å². The van der Waals surface area contributed by atoms with Gasteiger partial charge >= 0.3 is 0 Å². The molecule has 27 heavy (non-hydrogen) atoms. The van der Waals surface area contributed by atoms with E-state index in [1.807, 2.05) is 24.3 Å². The first-order valence-corrected chi connectivity index (χ1v) is 9.44. The number of anilines is 1. The van der Waals surface area contributed by atoms with Crippen molar-refractivity contribution in [1.29, 1.82) is 0 Å². The van der Waals surface area contributed by atoms with Gasteiger partial charge in [-0.2, -0.15) is 9.97 Å². The number of hydrogen-bond donors (Lipinski definition) is 2. The molecule has 1 aromatic carbocycles. The number of aromatic nitrogens is 5. The van der Waals surface area contributed by atoms with Crippen molar-refractivity contribution >= 4 is 39.5 Å². The van der Waals surface area contributed by atoms with Crippen LogP contribution in [0.4, 0.5) is 5.95 Å². The number of amides is 1. The Morgan fingerprint density at radius 1 is 1.19 bits per heavy atom. The van der Waals surface area contributed by atoms with Gasteiger partial charge in [0, 0.05) is 10.0 Å². The zero-order chi connectivity index (χ0) is 19.2.